The Morgan fingerprint density at radius 2 is 2.00 bits per heavy atom. The predicted octanol–water partition coefficient (Wildman–Crippen LogP) is -0.769. The quantitative estimate of drug-likeness (QED) is 0.734. The third kappa shape index (κ3) is 2.84. The summed E-state index contributed by atoms with van der Waals surface area (Å²) in [5.41, 5.74) is 0. The van der Waals surface area contributed by atoms with Crippen LogP contribution >= 0.6 is 0 Å². The highest BCUT2D eigenvalue weighted by Gasteiger charge is 2.38. The van der Waals surface area contributed by atoms with Crippen molar-refractivity contribution in [2.45, 2.75) is 31.3 Å². The van der Waals surface area contributed by atoms with Gasteiger partial charge in [0.15, 0.2) is 0 Å². The average Bonchev–Trinajstić information content (AvgIpc) is 2.50. The molecule has 0 spiro atoms. The maximum atomic E-state index is 12.3. The van der Waals surface area contributed by atoms with Crippen LogP contribution in [0.15, 0.2) is 0 Å². The normalized spacial score (nSPS) is 28.5. The largest absolute Gasteiger partial charge is 0.334 e. The van der Waals surface area contributed by atoms with Crippen molar-refractivity contribution < 1.29 is 13.2 Å². The van der Waals surface area contributed by atoms with Crippen LogP contribution in [0.1, 0.15) is 19.3 Å². The second-order valence-corrected chi connectivity index (χ2v) is 7.29. The van der Waals surface area contributed by atoms with Gasteiger partial charge in [-0.15, -0.1) is 0 Å². The second kappa shape index (κ2) is 5.14. The number of likely N-dealkylation sites (N-methyl/N-ethyl adjacent to an activating group) is 1. The Labute approximate surface area is 108 Å². The first-order valence-corrected chi connectivity index (χ1v) is 8.17. The van der Waals surface area contributed by atoms with Crippen molar-refractivity contribution in [3.8, 4) is 0 Å². The fourth-order valence-corrected chi connectivity index (χ4v) is 3.12. The van der Waals surface area contributed by atoms with Crippen LogP contribution in [0.2, 0.25) is 0 Å². The minimum absolute atomic E-state index is 0.0498. The van der Waals surface area contributed by atoms with Gasteiger partial charge in [-0.2, -0.15) is 4.31 Å². The number of hydrogen-bond acceptors (Lipinski definition) is 4. The van der Waals surface area contributed by atoms with Gasteiger partial charge in [-0.1, -0.05) is 0 Å². The summed E-state index contributed by atoms with van der Waals surface area (Å²) >= 11 is 0. The molecule has 0 saturated carbocycles. The lowest BCUT2D eigenvalue weighted by molar-refractivity contribution is -0.133. The Hall–Kier alpha value is -0.660. The van der Waals surface area contributed by atoms with Crippen molar-refractivity contribution in [2.75, 3.05) is 32.9 Å². The first-order valence-electron chi connectivity index (χ1n) is 6.33. The predicted molar refractivity (Wildman–Crippen MR) is 68.6 cm³/mol. The zero-order chi connectivity index (χ0) is 13.3. The summed E-state index contributed by atoms with van der Waals surface area (Å²) in [5.74, 6) is -0.0703. The lowest BCUT2D eigenvalue weighted by atomic mass is 10.1. The van der Waals surface area contributed by atoms with Crippen LogP contribution in [0.4, 0.5) is 0 Å². The number of carbonyl (C=O) groups is 1. The zero-order valence-electron chi connectivity index (χ0n) is 10.9. The van der Waals surface area contributed by atoms with Crippen LogP contribution in [0, 0.1) is 0 Å². The van der Waals surface area contributed by atoms with E-state index in [-0.39, 0.29) is 24.5 Å². The third-order valence-electron chi connectivity index (χ3n) is 3.87. The summed E-state index contributed by atoms with van der Waals surface area (Å²) < 4.78 is 23.8. The van der Waals surface area contributed by atoms with E-state index in [0.29, 0.717) is 0 Å². The molecule has 18 heavy (non-hydrogen) atoms. The molecule has 0 aliphatic carbocycles. The van der Waals surface area contributed by atoms with Gasteiger partial charge in [-0.3, -0.25) is 4.79 Å². The molecule has 2 aliphatic rings. The molecule has 2 heterocycles. The van der Waals surface area contributed by atoms with Crippen LogP contribution in [0.5, 0.6) is 0 Å². The molecule has 6 nitrogen and oxygen atoms in total. The van der Waals surface area contributed by atoms with Crippen LogP contribution < -0.4 is 5.32 Å². The van der Waals surface area contributed by atoms with Crippen molar-refractivity contribution in [3.63, 3.8) is 0 Å². The fourth-order valence-electron chi connectivity index (χ4n) is 2.78. The molecule has 1 N–H and O–H groups in total. The van der Waals surface area contributed by atoms with Crippen molar-refractivity contribution in [1.29, 1.82) is 0 Å². The molecule has 0 aromatic heterocycles. The summed E-state index contributed by atoms with van der Waals surface area (Å²) in [7, 11) is -1.84. The van der Waals surface area contributed by atoms with Crippen molar-refractivity contribution in [2.24, 2.45) is 0 Å². The number of rotatable bonds is 3. The van der Waals surface area contributed by atoms with Crippen molar-refractivity contribution >= 4 is 15.9 Å². The maximum absolute atomic E-state index is 12.3. The molecule has 2 fully saturated rings. The van der Waals surface area contributed by atoms with Crippen LogP contribution in [0.3, 0.4) is 0 Å². The Morgan fingerprint density at radius 3 is 2.67 bits per heavy atom. The summed E-state index contributed by atoms with van der Waals surface area (Å²) in [6.45, 7) is 1.71. The highest BCUT2D eigenvalue weighted by atomic mass is 32.2. The van der Waals surface area contributed by atoms with Gasteiger partial charge in [0.2, 0.25) is 15.9 Å². The fraction of sp³-hybridized carbons (Fsp3) is 0.909. The lowest BCUT2D eigenvalue weighted by Crippen LogP contribution is -2.47. The van der Waals surface area contributed by atoms with Gasteiger partial charge in [0.1, 0.15) is 0 Å². The molecule has 0 aromatic carbocycles. The van der Waals surface area contributed by atoms with E-state index >= 15 is 0 Å². The first kappa shape index (κ1) is 13.8. The molecule has 0 radical (unpaired) electrons. The van der Waals surface area contributed by atoms with E-state index in [1.165, 1.54) is 7.05 Å². The van der Waals surface area contributed by atoms with Gasteiger partial charge in [-0.05, 0) is 25.8 Å². The first-order chi connectivity index (χ1) is 8.39. The molecule has 1 amide bonds. The molecule has 104 valence electrons. The Bertz CT molecular complexity index is 409. The molecule has 2 rings (SSSR count). The van der Waals surface area contributed by atoms with Crippen LogP contribution in [-0.4, -0.2) is 68.6 Å². The lowest BCUT2D eigenvalue weighted by Gasteiger charge is -2.29. The number of nitrogens with one attached hydrogen (secondary N) is 1. The SMILES string of the molecule is CN(CC(=O)N1C2CCNCC1CC2)S(C)(=O)=O. The van der Waals surface area contributed by atoms with Crippen LogP contribution in [0.25, 0.3) is 0 Å². The van der Waals surface area contributed by atoms with E-state index in [1.807, 2.05) is 4.90 Å². The highest BCUT2D eigenvalue weighted by Crippen LogP contribution is 2.28. The monoisotopic (exact) mass is 275 g/mol. The van der Waals surface area contributed by atoms with Gasteiger partial charge in [0, 0.05) is 25.7 Å². The number of sulfonamides is 1. The molecule has 0 aromatic rings. The van der Waals surface area contributed by atoms with E-state index in [0.717, 1.165) is 42.9 Å². The molecule has 7 heteroatoms. The summed E-state index contributed by atoms with van der Waals surface area (Å²) in [5, 5.41) is 3.32. The van der Waals surface area contributed by atoms with Crippen molar-refractivity contribution in [1.82, 2.24) is 14.5 Å². The number of hydrogen-bond donors (Lipinski definition) is 1. The van der Waals surface area contributed by atoms with E-state index < -0.39 is 10.0 Å². The Balaban J connectivity index is 2.05. The Kier molecular flexibility index (Phi) is 3.93. The highest BCUT2D eigenvalue weighted by molar-refractivity contribution is 7.88. The maximum Gasteiger partial charge on any atom is 0.238 e. The average molecular weight is 275 g/mol. The van der Waals surface area contributed by atoms with Gasteiger partial charge in [0.25, 0.3) is 0 Å². The van der Waals surface area contributed by atoms with E-state index in [2.05, 4.69) is 5.32 Å². The summed E-state index contributed by atoms with van der Waals surface area (Å²) in [6, 6.07) is 0.517. The smallest absolute Gasteiger partial charge is 0.238 e. The minimum Gasteiger partial charge on any atom is -0.334 e. The molecule has 2 unspecified atom stereocenters. The van der Waals surface area contributed by atoms with E-state index in [4.69, 9.17) is 0 Å². The summed E-state index contributed by atoms with van der Waals surface area (Å²) in [6.07, 6.45) is 4.15. The van der Waals surface area contributed by atoms with Gasteiger partial charge < -0.3 is 10.2 Å². The number of amides is 1. The number of nitrogens with zero attached hydrogens (tertiary/aromatic N) is 2. The summed E-state index contributed by atoms with van der Waals surface area (Å²) in [4.78, 5) is 14.2. The number of carbonyl (C=O) groups excluding carboxylic acids is 1. The third-order valence-corrected chi connectivity index (χ3v) is 5.13. The topological polar surface area (TPSA) is 69.7 Å². The standard InChI is InChI=1S/C11H21N3O3S/c1-13(18(2,16)17)8-11(15)14-9-3-4-10(14)7-12-6-5-9/h9-10,12H,3-8H2,1-2H3. The molecule has 2 aliphatic heterocycles. The van der Waals surface area contributed by atoms with Gasteiger partial charge in [0.05, 0.1) is 12.8 Å². The second-order valence-electron chi connectivity index (χ2n) is 5.20. The zero-order valence-corrected chi connectivity index (χ0v) is 11.7. The van der Waals surface area contributed by atoms with E-state index in [9.17, 15) is 13.2 Å². The molecular formula is C11H21N3O3S. The van der Waals surface area contributed by atoms with Crippen molar-refractivity contribution in [3.05, 3.63) is 0 Å². The van der Waals surface area contributed by atoms with Gasteiger partial charge >= 0.3 is 0 Å². The van der Waals surface area contributed by atoms with E-state index in [1.54, 1.807) is 0 Å². The minimum atomic E-state index is -3.29. The van der Waals surface area contributed by atoms with Crippen LogP contribution in [-0.2, 0) is 14.8 Å². The molecule has 2 bridgehead atoms. The molecule has 2 saturated heterocycles. The Morgan fingerprint density at radius 1 is 1.33 bits per heavy atom. The molecule has 2 atom stereocenters. The molecular weight excluding hydrogens is 254 g/mol. The van der Waals surface area contributed by atoms with Gasteiger partial charge in [-0.25, -0.2) is 8.42 Å². The number of fused-ring (bicyclic) bond motifs is 2.